The Bertz CT molecular complexity index is 1160. The van der Waals surface area contributed by atoms with Crippen LogP contribution in [0, 0.1) is 0 Å². The van der Waals surface area contributed by atoms with Crippen LogP contribution >= 0.6 is 0 Å². The third kappa shape index (κ3) is 6.02. The molecule has 35 heavy (non-hydrogen) atoms. The van der Waals surface area contributed by atoms with Gasteiger partial charge in [-0.05, 0) is 80.6 Å². The fourth-order valence-electron chi connectivity index (χ4n) is 4.63. The van der Waals surface area contributed by atoms with Gasteiger partial charge in [0.25, 0.3) is 0 Å². The van der Waals surface area contributed by atoms with Crippen molar-refractivity contribution >= 4 is 33.2 Å². The maximum absolute atomic E-state index is 13.3. The molecule has 0 saturated carbocycles. The fourth-order valence-corrected chi connectivity index (χ4v) is 6.20. The summed E-state index contributed by atoms with van der Waals surface area (Å²) in [5.74, 6) is 0.249. The van der Waals surface area contributed by atoms with Crippen LogP contribution in [0.25, 0.3) is 0 Å². The normalized spacial score (nSPS) is 17.3. The van der Waals surface area contributed by atoms with Crippen molar-refractivity contribution in [1.82, 2.24) is 4.31 Å². The van der Waals surface area contributed by atoms with E-state index in [-0.39, 0.29) is 23.3 Å². The number of carbonyl (C=O) groups is 2. The van der Waals surface area contributed by atoms with E-state index in [1.54, 1.807) is 46.8 Å². The highest BCUT2D eigenvalue weighted by Crippen LogP contribution is 2.31. The molecule has 0 spiro atoms. The van der Waals surface area contributed by atoms with E-state index in [1.165, 1.54) is 4.90 Å². The van der Waals surface area contributed by atoms with Crippen LogP contribution in [0.15, 0.2) is 47.4 Å². The lowest BCUT2D eigenvalue weighted by molar-refractivity contribution is -0.121. The van der Waals surface area contributed by atoms with E-state index >= 15 is 0 Å². The number of nitrogens with zero attached hydrogens (tertiary/aromatic N) is 2. The largest absolute Gasteiger partial charge is 0.494 e. The van der Waals surface area contributed by atoms with Gasteiger partial charge in [-0.2, -0.15) is 4.31 Å². The summed E-state index contributed by atoms with van der Waals surface area (Å²) in [6.07, 6.45) is 5.33. The number of carbonyl (C=O) groups excluding carboxylic acids is 2. The quantitative estimate of drug-likeness (QED) is 0.622. The van der Waals surface area contributed by atoms with E-state index in [0.29, 0.717) is 56.1 Å². The lowest BCUT2D eigenvalue weighted by atomic mass is 10.1. The minimum atomic E-state index is -3.59. The van der Waals surface area contributed by atoms with Crippen LogP contribution in [0.3, 0.4) is 0 Å². The highest BCUT2D eigenvalue weighted by molar-refractivity contribution is 7.89. The zero-order valence-corrected chi connectivity index (χ0v) is 21.0. The molecule has 2 aliphatic heterocycles. The van der Waals surface area contributed by atoms with Gasteiger partial charge in [-0.15, -0.1) is 0 Å². The number of anilines is 2. The third-order valence-corrected chi connectivity index (χ3v) is 8.33. The lowest BCUT2D eigenvalue weighted by Gasteiger charge is -2.24. The molecule has 0 aliphatic carbocycles. The van der Waals surface area contributed by atoms with Crippen LogP contribution in [-0.2, 0) is 26.0 Å². The van der Waals surface area contributed by atoms with Crippen molar-refractivity contribution in [2.45, 2.75) is 56.8 Å². The number of nitrogens with one attached hydrogen (secondary N) is 1. The molecule has 0 bridgehead atoms. The summed E-state index contributed by atoms with van der Waals surface area (Å²) in [4.78, 5) is 27.4. The summed E-state index contributed by atoms with van der Waals surface area (Å²) < 4.78 is 33.5. The van der Waals surface area contributed by atoms with Crippen molar-refractivity contribution in [3.63, 3.8) is 0 Å². The number of hydrogen-bond donors (Lipinski definition) is 1. The molecular weight excluding hydrogens is 466 g/mol. The number of hydrogen-bond acceptors (Lipinski definition) is 5. The molecule has 0 aromatic heterocycles. The minimum Gasteiger partial charge on any atom is -0.494 e. The number of benzene rings is 2. The second-order valence-electron chi connectivity index (χ2n) is 8.95. The SMILES string of the molecule is CCOc1ccc(NC(=O)CN2C(=O)CCCc3cc(S(=O)(=O)N4CCCCCC4)ccc32)cc1. The Labute approximate surface area is 207 Å². The molecule has 0 radical (unpaired) electrons. The van der Waals surface area contributed by atoms with Gasteiger partial charge < -0.3 is 15.0 Å². The molecule has 2 aromatic carbocycles. The van der Waals surface area contributed by atoms with Gasteiger partial charge in [0.05, 0.1) is 11.5 Å². The highest BCUT2D eigenvalue weighted by Gasteiger charge is 2.29. The van der Waals surface area contributed by atoms with E-state index in [1.807, 2.05) is 6.92 Å². The maximum atomic E-state index is 13.3. The first-order valence-electron chi connectivity index (χ1n) is 12.3. The standard InChI is InChI=1S/C26H33N3O5S/c1-2-34-22-12-10-21(11-13-22)27-25(30)19-29-24-15-14-23(18-20(24)8-7-9-26(29)31)35(32,33)28-16-5-3-4-6-17-28/h10-15,18H,2-9,16-17,19H2,1H3,(H,27,30). The van der Waals surface area contributed by atoms with Crippen molar-refractivity contribution in [3.8, 4) is 5.75 Å². The summed E-state index contributed by atoms with van der Waals surface area (Å²) >= 11 is 0. The summed E-state index contributed by atoms with van der Waals surface area (Å²) in [5, 5.41) is 2.82. The topological polar surface area (TPSA) is 96.0 Å². The van der Waals surface area contributed by atoms with Crippen molar-refractivity contribution in [2.24, 2.45) is 0 Å². The molecule has 2 aromatic rings. The van der Waals surface area contributed by atoms with Gasteiger partial charge >= 0.3 is 0 Å². The number of rotatable bonds is 7. The number of amides is 2. The molecule has 188 valence electrons. The van der Waals surface area contributed by atoms with Gasteiger partial charge in [0.2, 0.25) is 21.8 Å². The fraction of sp³-hybridized carbons (Fsp3) is 0.462. The van der Waals surface area contributed by atoms with Gasteiger partial charge in [-0.3, -0.25) is 9.59 Å². The zero-order valence-electron chi connectivity index (χ0n) is 20.2. The van der Waals surface area contributed by atoms with Crippen LogP contribution in [-0.4, -0.2) is 50.8 Å². The molecule has 2 aliphatic rings. The van der Waals surface area contributed by atoms with E-state index < -0.39 is 10.0 Å². The molecule has 1 saturated heterocycles. The number of ether oxygens (including phenoxy) is 1. The molecule has 2 amide bonds. The van der Waals surface area contributed by atoms with E-state index in [9.17, 15) is 18.0 Å². The van der Waals surface area contributed by atoms with Crippen LogP contribution in [0.4, 0.5) is 11.4 Å². The van der Waals surface area contributed by atoms with Crippen LogP contribution < -0.4 is 15.0 Å². The van der Waals surface area contributed by atoms with E-state index in [4.69, 9.17) is 4.74 Å². The second kappa shape index (κ2) is 11.2. The first kappa shape index (κ1) is 25.2. The zero-order chi connectivity index (χ0) is 24.8. The molecular formula is C26H33N3O5S. The average molecular weight is 500 g/mol. The lowest BCUT2D eigenvalue weighted by Crippen LogP contribution is -2.38. The van der Waals surface area contributed by atoms with Gasteiger partial charge in [-0.1, -0.05) is 12.8 Å². The van der Waals surface area contributed by atoms with E-state index in [2.05, 4.69) is 5.32 Å². The molecule has 0 atom stereocenters. The predicted molar refractivity (Wildman–Crippen MR) is 135 cm³/mol. The summed E-state index contributed by atoms with van der Waals surface area (Å²) in [5.41, 5.74) is 1.99. The van der Waals surface area contributed by atoms with Crippen LogP contribution in [0.2, 0.25) is 0 Å². The first-order chi connectivity index (χ1) is 16.9. The highest BCUT2D eigenvalue weighted by atomic mass is 32.2. The number of sulfonamides is 1. The molecule has 1 N–H and O–H groups in total. The van der Waals surface area contributed by atoms with Crippen LogP contribution in [0.5, 0.6) is 5.75 Å². The monoisotopic (exact) mass is 499 g/mol. The summed E-state index contributed by atoms with van der Waals surface area (Å²) in [7, 11) is -3.59. The first-order valence-corrected chi connectivity index (χ1v) is 13.8. The molecule has 1 fully saturated rings. The Balaban J connectivity index is 1.52. The smallest absolute Gasteiger partial charge is 0.244 e. The Hall–Kier alpha value is -2.91. The number of fused-ring (bicyclic) bond motifs is 1. The molecule has 9 heteroatoms. The minimum absolute atomic E-state index is 0.142. The second-order valence-corrected chi connectivity index (χ2v) is 10.9. The molecule has 4 rings (SSSR count). The molecule has 0 unspecified atom stereocenters. The molecule has 2 heterocycles. The van der Waals surface area contributed by atoms with Gasteiger partial charge in [0.15, 0.2) is 0 Å². The van der Waals surface area contributed by atoms with Crippen molar-refractivity contribution in [1.29, 1.82) is 0 Å². The Morgan fingerprint density at radius 3 is 2.37 bits per heavy atom. The third-order valence-electron chi connectivity index (χ3n) is 6.43. The van der Waals surface area contributed by atoms with Gasteiger partial charge in [0.1, 0.15) is 12.3 Å². The van der Waals surface area contributed by atoms with Crippen molar-refractivity contribution in [3.05, 3.63) is 48.0 Å². The summed E-state index contributed by atoms with van der Waals surface area (Å²) in [6, 6.07) is 12.0. The van der Waals surface area contributed by atoms with Crippen molar-refractivity contribution < 1.29 is 22.7 Å². The Morgan fingerprint density at radius 2 is 1.69 bits per heavy atom. The predicted octanol–water partition coefficient (Wildman–Crippen LogP) is 3.96. The van der Waals surface area contributed by atoms with Crippen molar-refractivity contribution in [2.75, 3.05) is 36.5 Å². The van der Waals surface area contributed by atoms with Gasteiger partial charge in [-0.25, -0.2) is 8.42 Å². The average Bonchev–Trinajstić information content (AvgIpc) is 3.21. The Morgan fingerprint density at radius 1 is 0.971 bits per heavy atom. The maximum Gasteiger partial charge on any atom is 0.244 e. The van der Waals surface area contributed by atoms with Gasteiger partial charge in [0, 0.05) is 30.9 Å². The Kier molecular flexibility index (Phi) is 8.07. The number of aryl methyl sites for hydroxylation is 1. The van der Waals surface area contributed by atoms with E-state index in [0.717, 1.165) is 31.2 Å². The summed E-state index contributed by atoms with van der Waals surface area (Å²) in [6.45, 7) is 3.39. The van der Waals surface area contributed by atoms with Crippen LogP contribution in [0.1, 0.15) is 51.0 Å². The molecule has 8 nitrogen and oxygen atoms in total.